The highest BCUT2D eigenvalue weighted by Crippen LogP contribution is 2.32. The van der Waals surface area contributed by atoms with Crippen LogP contribution in [0.15, 0.2) is 18.2 Å². The van der Waals surface area contributed by atoms with Gasteiger partial charge < -0.3 is 10.8 Å². The van der Waals surface area contributed by atoms with E-state index >= 15 is 0 Å². The Morgan fingerprint density at radius 1 is 1.28 bits per heavy atom. The molecule has 1 aliphatic carbocycles. The lowest BCUT2D eigenvalue weighted by atomic mass is 9.80. The van der Waals surface area contributed by atoms with Gasteiger partial charge in [0.05, 0.1) is 12.1 Å². The van der Waals surface area contributed by atoms with Gasteiger partial charge in [-0.3, -0.25) is 0 Å². The van der Waals surface area contributed by atoms with Crippen LogP contribution in [0.5, 0.6) is 0 Å². The highest BCUT2D eigenvalue weighted by molar-refractivity contribution is 5.30. The fraction of sp³-hybridized carbons (Fsp3) is 0.600. The van der Waals surface area contributed by atoms with Gasteiger partial charge >= 0.3 is 0 Å². The number of nitrogens with two attached hydrogens (primary N) is 1. The zero-order valence-electron chi connectivity index (χ0n) is 10.9. The van der Waals surface area contributed by atoms with Gasteiger partial charge in [-0.25, -0.2) is 4.39 Å². The van der Waals surface area contributed by atoms with Gasteiger partial charge in [0.15, 0.2) is 0 Å². The minimum atomic E-state index is -0.564. The van der Waals surface area contributed by atoms with E-state index in [4.69, 9.17) is 5.73 Å². The third kappa shape index (κ3) is 2.73. The van der Waals surface area contributed by atoms with Crippen LogP contribution >= 0.6 is 0 Å². The number of rotatable bonds is 3. The van der Waals surface area contributed by atoms with Crippen molar-refractivity contribution < 1.29 is 9.50 Å². The third-order valence-electron chi connectivity index (χ3n) is 4.17. The molecule has 0 bridgehead atoms. The van der Waals surface area contributed by atoms with Crippen LogP contribution in [0, 0.1) is 18.7 Å². The predicted molar refractivity (Wildman–Crippen MR) is 70.6 cm³/mol. The Bertz CT molecular complexity index is 401. The van der Waals surface area contributed by atoms with Crippen LogP contribution in [-0.4, -0.2) is 11.2 Å². The van der Waals surface area contributed by atoms with Crippen molar-refractivity contribution in [2.24, 2.45) is 11.7 Å². The minimum absolute atomic E-state index is 0.251. The van der Waals surface area contributed by atoms with Crippen molar-refractivity contribution in [2.45, 2.75) is 51.2 Å². The average Bonchev–Trinajstić information content (AvgIpc) is 2.41. The Balaban J connectivity index is 2.14. The van der Waals surface area contributed by atoms with Gasteiger partial charge in [-0.15, -0.1) is 0 Å². The van der Waals surface area contributed by atoms with Crippen molar-refractivity contribution in [3.05, 3.63) is 35.1 Å². The molecule has 2 rings (SSSR count). The minimum Gasteiger partial charge on any atom is -0.391 e. The fourth-order valence-electron chi connectivity index (χ4n) is 2.94. The molecule has 0 saturated heterocycles. The summed E-state index contributed by atoms with van der Waals surface area (Å²) in [5.41, 5.74) is 7.41. The number of benzene rings is 1. The molecule has 0 aliphatic heterocycles. The Morgan fingerprint density at radius 3 is 2.61 bits per heavy atom. The summed E-state index contributed by atoms with van der Waals surface area (Å²) in [5, 5.41) is 10.4. The van der Waals surface area contributed by atoms with E-state index in [0.29, 0.717) is 5.56 Å². The molecule has 0 aromatic heterocycles. The first-order valence-electron chi connectivity index (χ1n) is 6.80. The highest BCUT2D eigenvalue weighted by atomic mass is 19.1. The van der Waals surface area contributed by atoms with Gasteiger partial charge in [0.1, 0.15) is 5.82 Å². The maximum absolute atomic E-state index is 13.5. The van der Waals surface area contributed by atoms with Crippen molar-refractivity contribution in [3.63, 3.8) is 0 Å². The molecular formula is C15H22FNO. The molecule has 2 nitrogen and oxygen atoms in total. The van der Waals surface area contributed by atoms with Crippen molar-refractivity contribution in [2.75, 3.05) is 0 Å². The lowest BCUT2D eigenvalue weighted by Crippen LogP contribution is -2.34. The fourth-order valence-corrected chi connectivity index (χ4v) is 2.94. The largest absolute Gasteiger partial charge is 0.391 e. The summed E-state index contributed by atoms with van der Waals surface area (Å²) in [6.45, 7) is 1.72. The third-order valence-corrected chi connectivity index (χ3v) is 4.17. The van der Waals surface area contributed by atoms with E-state index in [9.17, 15) is 9.50 Å². The van der Waals surface area contributed by atoms with E-state index in [1.54, 1.807) is 13.0 Å². The Hall–Kier alpha value is -0.930. The molecule has 3 heteroatoms. The molecule has 1 fully saturated rings. The standard InChI is InChI=1S/C15H22FNO/c1-10-12(8-5-9-13(10)16)14(17)15(18)11-6-3-2-4-7-11/h5,8-9,11,14-15,18H,2-4,6-7,17H2,1H3/t14-,15+/m1/s1. The Morgan fingerprint density at radius 2 is 1.94 bits per heavy atom. The zero-order chi connectivity index (χ0) is 13.1. The van der Waals surface area contributed by atoms with Crippen LogP contribution in [0.4, 0.5) is 4.39 Å². The summed E-state index contributed by atoms with van der Waals surface area (Å²) < 4.78 is 13.5. The maximum atomic E-state index is 13.5. The average molecular weight is 251 g/mol. The zero-order valence-corrected chi connectivity index (χ0v) is 10.9. The van der Waals surface area contributed by atoms with E-state index in [1.807, 2.05) is 6.07 Å². The van der Waals surface area contributed by atoms with Gasteiger partial charge in [0.25, 0.3) is 0 Å². The van der Waals surface area contributed by atoms with E-state index in [1.165, 1.54) is 12.5 Å². The van der Waals surface area contributed by atoms with E-state index in [0.717, 1.165) is 31.2 Å². The number of aliphatic hydroxyl groups excluding tert-OH is 1. The summed E-state index contributed by atoms with van der Waals surface area (Å²) in [5.74, 6) is 0.00946. The van der Waals surface area contributed by atoms with Crippen LogP contribution in [0.1, 0.15) is 49.3 Å². The number of aliphatic hydroxyl groups is 1. The molecule has 1 aromatic rings. The summed E-state index contributed by atoms with van der Waals surface area (Å²) in [6.07, 6.45) is 5.07. The maximum Gasteiger partial charge on any atom is 0.126 e. The summed E-state index contributed by atoms with van der Waals surface area (Å²) in [6, 6.07) is 4.42. The Kier molecular flexibility index (Phi) is 4.36. The second-order valence-electron chi connectivity index (χ2n) is 5.37. The molecule has 1 saturated carbocycles. The number of hydrogen-bond donors (Lipinski definition) is 2. The first-order chi connectivity index (χ1) is 8.61. The first-order valence-corrected chi connectivity index (χ1v) is 6.80. The molecule has 0 heterocycles. The lowest BCUT2D eigenvalue weighted by Gasteiger charge is -2.31. The molecule has 0 radical (unpaired) electrons. The van der Waals surface area contributed by atoms with Crippen molar-refractivity contribution in [1.29, 1.82) is 0 Å². The van der Waals surface area contributed by atoms with Gasteiger partial charge in [0.2, 0.25) is 0 Å². The van der Waals surface area contributed by atoms with E-state index in [2.05, 4.69) is 0 Å². The van der Waals surface area contributed by atoms with Crippen LogP contribution in [0.2, 0.25) is 0 Å². The number of hydrogen-bond acceptors (Lipinski definition) is 2. The van der Waals surface area contributed by atoms with Gasteiger partial charge in [-0.1, -0.05) is 31.4 Å². The lowest BCUT2D eigenvalue weighted by molar-refractivity contribution is 0.0615. The van der Waals surface area contributed by atoms with Crippen molar-refractivity contribution in [3.8, 4) is 0 Å². The van der Waals surface area contributed by atoms with Crippen LogP contribution in [0.25, 0.3) is 0 Å². The van der Waals surface area contributed by atoms with Gasteiger partial charge in [-0.2, -0.15) is 0 Å². The van der Waals surface area contributed by atoms with Crippen LogP contribution in [0.3, 0.4) is 0 Å². The Labute approximate surface area is 108 Å². The van der Waals surface area contributed by atoms with E-state index in [-0.39, 0.29) is 11.7 Å². The predicted octanol–water partition coefficient (Wildman–Crippen LogP) is 3.08. The highest BCUT2D eigenvalue weighted by Gasteiger charge is 2.28. The van der Waals surface area contributed by atoms with E-state index < -0.39 is 12.1 Å². The quantitative estimate of drug-likeness (QED) is 0.867. The molecule has 3 N–H and O–H groups in total. The van der Waals surface area contributed by atoms with Crippen molar-refractivity contribution >= 4 is 0 Å². The molecule has 0 spiro atoms. The topological polar surface area (TPSA) is 46.2 Å². The first kappa shape index (κ1) is 13.5. The smallest absolute Gasteiger partial charge is 0.126 e. The van der Waals surface area contributed by atoms with Crippen LogP contribution in [-0.2, 0) is 0 Å². The van der Waals surface area contributed by atoms with Crippen LogP contribution < -0.4 is 5.73 Å². The summed E-state index contributed by atoms with van der Waals surface area (Å²) in [7, 11) is 0. The molecule has 2 atom stereocenters. The molecule has 100 valence electrons. The van der Waals surface area contributed by atoms with Crippen molar-refractivity contribution in [1.82, 2.24) is 0 Å². The molecule has 1 aliphatic rings. The number of halogens is 1. The summed E-state index contributed by atoms with van der Waals surface area (Å²) >= 11 is 0. The van der Waals surface area contributed by atoms with Gasteiger partial charge in [0, 0.05) is 0 Å². The summed E-state index contributed by atoms with van der Waals surface area (Å²) in [4.78, 5) is 0. The molecule has 0 amide bonds. The SMILES string of the molecule is Cc1c(F)cccc1[C@@H](N)[C@@H](O)C1CCCCC1. The van der Waals surface area contributed by atoms with Gasteiger partial charge in [-0.05, 0) is 42.9 Å². The normalized spacial score (nSPS) is 20.7. The second kappa shape index (κ2) is 5.81. The molecule has 0 unspecified atom stereocenters. The molecular weight excluding hydrogens is 229 g/mol. The second-order valence-corrected chi connectivity index (χ2v) is 5.37. The molecule has 1 aromatic carbocycles. The molecule has 18 heavy (non-hydrogen) atoms. The monoisotopic (exact) mass is 251 g/mol.